The van der Waals surface area contributed by atoms with Crippen molar-refractivity contribution in [3.05, 3.63) is 94.5 Å². The largest absolute Gasteiger partial charge is 0.464 e. The van der Waals surface area contributed by atoms with Crippen molar-refractivity contribution >= 4 is 40.5 Å². The van der Waals surface area contributed by atoms with Crippen LogP contribution in [0.15, 0.2) is 71.3 Å². The van der Waals surface area contributed by atoms with Gasteiger partial charge in [-0.1, -0.05) is 48.9 Å². The molecule has 236 valence electrons. The van der Waals surface area contributed by atoms with Gasteiger partial charge >= 0.3 is 6.09 Å². The van der Waals surface area contributed by atoms with Crippen LogP contribution < -0.4 is 10.6 Å². The highest BCUT2D eigenvalue weighted by Crippen LogP contribution is 2.33. The molecule has 1 saturated heterocycles. The van der Waals surface area contributed by atoms with Gasteiger partial charge in [0.25, 0.3) is 0 Å². The Kier molecular flexibility index (Phi) is 9.48. The van der Waals surface area contributed by atoms with Gasteiger partial charge in [-0.05, 0) is 80.1 Å². The normalized spacial score (nSPS) is 16.5. The standard InChI is InChI=1S/C35H37ClFN3O5/c1-21-13-29(33(42)38-19-26-9-6-10-28(36)31(26)37)40(20-21)30(41)17-23-15-25-11-12-44-32(25)27(16-23)24-8-5-7-22(14-24)18-39-34(43)45-35(2,3)4/h5-12,14-16,21,29H,13,17-20H2,1-4H3,(H,38,42)(H,39,43)/t21-,29+/m1/s1. The maximum Gasteiger partial charge on any atom is 0.407 e. The smallest absolute Gasteiger partial charge is 0.407 e. The van der Waals surface area contributed by atoms with Crippen molar-refractivity contribution in [1.82, 2.24) is 15.5 Å². The van der Waals surface area contributed by atoms with E-state index in [1.807, 2.05) is 70.2 Å². The molecule has 10 heteroatoms. The Morgan fingerprint density at radius 2 is 1.80 bits per heavy atom. The van der Waals surface area contributed by atoms with Gasteiger partial charge in [-0.3, -0.25) is 9.59 Å². The second kappa shape index (κ2) is 13.3. The molecule has 0 aliphatic carbocycles. The predicted octanol–water partition coefficient (Wildman–Crippen LogP) is 7.01. The fraction of sp³-hybridized carbons (Fsp3) is 0.343. The number of hydrogen-bond donors (Lipinski definition) is 2. The Hall–Kier alpha value is -4.37. The molecule has 3 aromatic carbocycles. The number of carbonyl (C=O) groups excluding carboxylic acids is 3. The monoisotopic (exact) mass is 633 g/mol. The van der Waals surface area contributed by atoms with Crippen LogP contribution in [0.1, 0.15) is 50.8 Å². The molecule has 0 bridgehead atoms. The highest BCUT2D eigenvalue weighted by Gasteiger charge is 2.37. The van der Waals surface area contributed by atoms with Crippen LogP contribution in [0.4, 0.5) is 9.18 Å². The summed E-state index contributed by atoms with van der Waals surface area (Å²) >= 11 is 5.88. The van der Waals surface area contributed by atoms with Gasteiger partial charge in [0.05, 0.1) is 17.7 Å². The molecular weight excluding hydrogens is 597 g/mol. The Morgan fingerprint density at radius 1 is 1.02 bits per heavy atom. The summed E-state index contributed by atoms with van der Waals surface area (Å²) in [7, 11) is 0. The van der Waals surface area contributed by atoms with Crippen LogP contribution in [-0.4, -0.2) is 41.0 Å². The van der Waals surface area contributed by atoms with Crippen molar-refractivity contribution in [2.45, 2.75) is 65.3 Å². The lowest BCUT2D eigenvalue weighted by Crippen LogP contribution is -2.46. The number of ether oxygens (including phenoxy) is 1. The number of likely N-dealkylation sites (tertiary alicyclic amines) is 1. The zero-order chi connectivity index (χ0) is 32.3. The van der Waals surface area contributed by atoms with Crippen molar-refractivity contribution in [3.8, 4) is 11.1 Å². The van der Waals surface area contributed by atoms with Gasteiger partial charge in [-0.15, -0.1) is 0 Å². The van der Waals surface area contributed by atoms with Crippen LogP contribution >= 0.6 is 11.6 Å². The molecule has 45 heavy (non-hydrogen) atoms. The average Bonchev–Trinajstić information content (AvgIpc) is 3.62. The lowest BCUT2D eigenvalue weighted by atomic mass is 9.97. The summed E-state index contributed by atoms with van der Waals surface area (Å²) in [6.07, 6.45) is 1.72. The summed E-state index contributed by atoms with van der Waals surface area (Å²) in [5.74, 6) is -0.925. The molecular formula is C35H37ClFN3O5. The van der Waals surface area contributed by atoms with Crippen molar-refractivity contribution in [2.75, 3.05) is 6.54 Å². The van der Waals surface area contributed by atoms with Crippen molar-refractivity contribution in [2.24, 2.45) is 5.92 Å². The summed E-state index contributed by atoms with van der Waals surface area (Å²) in [5.41, 5.74) is 3.70. The molecule has 0 unspecified atom stereocenters. The number of furan rings is 1. The first-order valence-electron chi connectivity index (χ1n) is 14.9. The Morgan fingerprint density at radius 3 is 2.58 bits per heavy atom. The lowest BCUT2D eigenvalue weighted by molar-refractivity contribution is -0.138. The third kappa shape index (κ3) is 7.84. The van der Waals surface area contributed by atoms with Gasteiger partial charge in [0.2, 0.25) is 11.8 Å². The van der Waals surface area contributed by atoms with Gasteiger partial charge in [0, 0.05) is 36.1 Å². The Labute approximate surface area is 266 Å². The molecule has 4 aromatic rings. The zero-order valence-electron chi connectivity index (χ0n) is 25.8. The molecule has 1 aliphatic rings. The van der Waals surface area contributed by atoms with E-state index in [-0.39, 0.29) is 47.8 Å². The molecule has 8 nitrogen and oxygen atoms in total. The number of amides is 3. The van der Waals surface area contributed by atoms with E-state index in [1.54, 1.807) is 23.3 Å². The zero-order valence-corrected chi connectivity index (χ0v) is 26.5. The van der Waals surface area contributed by atoms with Crippen molar-refractivity contribution in [3.63, 3.8) is 0 Å². The Balaban J connectivity index is 1.31. The number of hydrogen-bond acceptors (Lipinski definition) is 5. The third-order valence-corrected chi connectivity index (χ3v) is 7.95. The quantitative estimate of drug-likeness (QED) is 0.217. The number of halogens is 2. The average molecular weight is 634 g/mol. The summed E-state index contributed by atoms with van der Waals surface area (Å²) in [6, 6.07) is 17.4. The van der Waals surface area contributed by atoms with E-state index >= 15 is 0 Å². The van der Waals surface area contributed by atoms with Gasteiger partial charge < -0.3 is 24.7 Å². The van der Waals surface area contributed by atoms with Crippen LogP contribution in [0.25, 0.3) is 22.1 Å². The molecule has 1 aromatic heterocycles. The molecule has 0 spiro atoms. The van der Waals surface area contributed by atoms with Crippen molar-refractivity contribution < 1.29 is 27.9 Å². The summed E-state index contributed by atoms with van der Waals surface area (Å²) < 4.78 is 25.5. The van der Waals surface area contributed by atoms with Gasteiger partial charge in [0.1, 0.15) is 23.0 Å². The van der Waals surface area contributed by atoms with Crippen LogP contribution in [0, 0.1) is 11.7 Å². The lowest BCUT2D eigenvalue weighted by Gasteiger charge is -2.24. The number of nitrogens with one attached hydrogen (secondary N) is 2. The van der Waals surface area contributed by atoms with E-state index < -0.39 is 23.6 Å². The summed E-state index contributed by atoms with van der Waals surface area (Å²) in [4.78, 5) is 40.6. The summed E-state index contributed by atoms with van der Waals surface area (Å²) in [5, 5.41) is 6.41. The van der Waals surface area contributed by atoms with Crippen LogP contribution in [0.5, 0.6) is 0 Å². The van der Waals surface area contributed by atoms with Crippen LogP contribution in [0.3, 0.4) is 0 Å². The second-order valence-corrected chi connectivity index (χ2v) is 13.0. The summed E-state index contributed by atoms with van der Waals surface area (Å²) in [6.45, 7) is 8.14. The molecule has 1 aliphatic heterocycles. The molecule has 0 saturated carbocycles. The van der Waals surface area contributed by atoms with Crippen LogP contribution in [0.2, 0.25) is 5.02 Å². The van der Waals surface area contributed by atoms with E-state index in [1.165, 1.54) is 6.07 Å². The van der Waals surface area contributed by atoms with E-state index in [0.717, 1.165) is 27.6 Å². The fourth-order valence-corrected chi connectivity index (χ4v) is 5.82. The number of rotatable bonds is 8. The Bertz CT molecular complexity index is 1730. The highest BCUT2D eigenvalue weighted by atomic mass is 35.5. The SMILES string of the molecule is C[C@@H]1C[C@@H](C(=O)NCc2cccc(Cl)c2F)N(C(=O)Cc2cc(-c3cccc(CNC(=O)OC(C)(C)C)c3)c3occc3c2)C1. The molecule has 2 atom stereocenters. The molecule has 3 amide bonds. The molecule has 1 fully saturated rings. The topological polar surface area (TPSA) is 101 Å². The van der Waals surface area contributed by atoms with Gasteiger partial charge in [0.15, 0.2) is 0 Å². The fourth-order valence-electron chi connectivity index (χ4n) is 5.63. The predicted molar refractivity (Wildman–Crippen MR) is 171 cm³/mol. The van der Waals surface area contributed by atoms with E-state index in [0.29, 0.717) is 18.5 Å². The number of alkyl carbamates (subject to hydrolysis) is 1. The third-order valence-electron chi connectivity index (χ3n) is 7.66. The number of benzene rings is 3. The molecule has 0 radical (unpaired) electrons. The van der Waals surface area contributed by atoms with Crippen LogP contribution in [-0.2, 0) is 33.8 Å². The van der Waals surface area contributed by atoms with Crippen molar-refractivity contribution in [1.29, 1.82) is 0 Å². The first kappa shape index (κ1) is 32.0. The maximum atomic E-state index is 14.4. The minimum Gasteiger partial charge on any atom is -0.464 e. The van der Waals surface area contributed by atoms with E-state index in [9.17, 15) is 18.8 Å². The van der Waals surface area contributed by atoms with E-state index in [2.05, 4.69) is 10.6 Å². The van der Waals surface area contributed by atoms with Gasteiger partial charge in [-0.25, -0.2) is 9.18 Å². The van der Waals surface area contributed by atoms with E-state index in [4.69, 9.17) is 20.8 Å². The minimum atomic E-state index is -0.652. The minimum absolute atomic E-state index is 0.00815. The second-order valence-electron chi connectivity index (χ2n) is 12.5. The highest BCUT2D eigenvalue weighted by molar-refractivity contribution is 6.30. The number of fused-ring (bicyclic) bond motifs is 1. The molecule has 2 N–H and O–H groups in total. The van der Waals surface area contributed by atoms with Gasteiger partial charge in [-0.2, -0.15) is 0 Å². The maximum absolute atomic E-state index is 14.4. The first-order valence-corrected chi connectivity index (χ1v) is 15.3. The molecule has 2 heterocycles. The first-order chi connectivity index (χ1) is 21.4. The number of nitrogens with zero attached hydrogens (tertiary/aromatic N) is 1. The molecule has 5 rings (SSSR count). The number of carbonyl (C=O) groups is 3.